The van der Waals surface area contributed by atoms with Crippen LogP contribution in [-0.2, 0) is 19.5 Å². The highest BCUT2D eigenvalue weighted by Crippen LogP contribution is 2.12. The van der Waals surface area contributed by atoms with Crippen molar-refractivity contribution in [2.75, 3.05) is 0 Å². The van der Waals surface area contributed by atoms with E-state index in [1.807, 2.05) is 0 Å². The van der Waals surface area contributed by atoms with E-state index in [4.69, 9.17) is 0 Å². The molecule has 0 aliphatic carbocycles. The summed E-state index contributed by atoms with van der Waals surface area (Å²) in [6.07, 6.45) is 28.2. The Balaban J connectivity index is 2.19. The highest BCUT2D eigenvalue weighted by atomic mass is 15.1. The van der Waals surface area contributed by atoms with Crippen LogP contribution >= 0.6 is 0 Å². The zero-order valence-electron chi connectivity index (χ0n) is 19.0. The Bertz CT molecular complexity index is 436. The standard InChI is InChI=1S/C25H49N2/c1-4-7-10-11-12-13-14-15-16-17-19-22-27-24-23-26(21-18-8-5-2)25(27)20-9-6-3/h23-24H,4-22H2,1-3H3/q+1. The van der Waals surface area contributed by atoms with Crippen LogP contribution in [-0.4, -0.2) is 4.57 Å². The summed E-state index contributed by atoms with van der Waals surface area (Å²) in [6, 6.07) is 0. The number of nitrogens with zero attached hydrogens (tertiary/aromatic N) is 2. The third-order valence-electron chi connectivity index (χ3n) is 5.85. The summed E-state index contributed by atoms with van der Waals surface area (Å²) in [7, 11) is 0. The number of aromatic nitrogens is 2. The van der Waals surface area contributed by atoms with E-state index in [9.17, 15) is 0 Å². The van der Waals surface area contributed by atoms with Gasteiger partial charge in [-0.2, -0.15) is 0 Å². The number of hydrogen-bond acceptors (Lipinski definition) is 0. The maximum atomic E-state index is 2.55. The molecule has 27 heavy (non-hydrogen) atoms. The molecule has 2 nitrogen and oxygen atoms in total. The maximum Gasteiger partial charge on any atom is 0.256 e. The first kappa shape index (κ1) is 24.2. The lowest BCUT2D eigenvalue weighted by Crippen LogP contribution is -2.37. The van der Waals surface area contributed by atoms with Gasteiger partial charge in [-0.25, -0.2) is 9.13 Å². The number of hydrogen-bond donors (Lipinski definition) is 0. The van der Waals surface area contributed by atoms with E-state index in [1.165, 1.54) is 122 Å². The van der Waals surface area contributed by atoms with Gasteiger partial charge in [0.05, 0.1) is 13.1 Å². The van der Waals surface area contributed by atoms with Crippen molar-refractivity contribution in [2.24, 2.45) is 0 Å². The zero-order chi connectivity index (χ0) is 19.6. The molecule has 0 N–H and O–H groups in total. The zero-order valence-corrected chi connectivity index (χ0v) is 19.0. The minimum atomic E-state index is 1.21. The average molecular weight is 378 g/mol. The molecule has 0 saturated heterocycles. The van der Waals surface area contributed by atoms with Crippen molar-refractivity contribution < 1.29 is 4.57 Å². The first-order valence-electron chi connectivity index (χ1n) is 12.4. The van der Waals surface area contributed by atoms with Crippen LogP contribution in [0, 0.1) is 0 Å². The molecule has 0 spiro atoms. The van der Waals surface area contributed by atoms with E-state index in [0.717, 1.165) is 0 Å². The Hall–Kier alpha value is -0.790. The Morgan fingerprint density at radius 1 is 0.630 bits per heavy atom. The number of imidazole rings is 1. The molecule has 0 amide bonds. The molecule has 0 fully saturated rings. The van der Waals surface area contributed by atoms with Gasteiger partial charge in [-0.3, -0.25) is 0 Å². The van der Waals surface area contributed by atoms with Crippen molar-refractivity contribution >= 4 is 0 Å². The van der Waals surface area contributed by atoms with E-state index >= 15 is 0 Å². The fourth-order valence-corrected chi connectivity index (χ4v) is 4.01. The predicted octanol–water partition coefficient (Wildman–Crippen LogP) is 7.62. The van der Waals surface area contributed by atoms with Gasteiger partial charge >= 0.3 is 0 Å². The molecule has 158 valence electrons. The second kappa shape index (κ2) is 17.3. The molecule has 2 heteroatoms. The molecule has 0 unspecified atom stereocenters. The van der Waals surface area contributed by atoms with Gasteiger partial charge in [0.25, 0.3) is 5.82 Å². The van der Waals surface area contributed by atoms with Crippen molar-refractivity contribution in [3.05, 3.63) is 18.2 Å². The van der Waals surface area contributed by atoms with E-state index in [1.54, 1.807) is 5.82 Å². The van der Waals surface area contributed by atoms with Crippen LogP contribution in [0.3, 0.4) is 0 Å². The Morgan fingerprint density at radius 3 is 1.74 bits per heavy atom. The van der Waals surface area contributed by atoms with Crippen molar-refractivity contribution in [3.63, 3.8) is 0 Å². The molecule has 0 aromatic carbocycles. The van der Waals surface area contributed by atoms with Crippen LogP contribution in [0.2, 0.25) is 0 Å². The maximum absolute atomic E-state index is 2.55. The van der Waals surface area contributed by atoms with Crippen molar-refractivity contribution in [1.29, 1.82) is 0 Å². The number of aryl methyl sites for hydroxylation is 2. The smallest absolute Gasteiger partial charge is 0.234 e. The molecule has 1 aromatic rings. The summed E-state index contributed by atoms with van der Waals surface area (Å²) in [5, 5.41) is 0. The lowest BCUT2D eigenvalue weighted by atomic mass is 10.1. The minimum absolute atomic E-state index is 1.21. The Morgan fingerprint density at radius 2 is 1.15 bits per heavy atom. The fraction of sp³-hybridized carbons (Fsp3) is 0.880. The molecule has 0 atom stereocenters. The summed E-state index contributed by atoms with van der Waals surface area (Å²) in [4.78, 5) is 0. The quantitative estimate of drug-likeness (QED) is 0.173. The summed E-state index contributed by atoms with van der Waals surface area (Å²) in [5.74, 6) is 1.57. The van der Waals surface area contributed by atoms with Crippen molar-refractivity contribution in [1.82, 2.24) is 4.57 Å². The SMILES string of the molecule is CCCCCCCCCCCCCn1cc[n+](CCCCC)c1CCCC. The van der Waals surface area contributed by atoms with E-state index in [2.05, 4.69) is 42.3 Å². The van der Waals surface area contributed by atoms with Crippen LogP contribution in [0.4, 0.5) is 0 Å². The molecule has 0 saturated carbocycles. The molecule has 0 bridgehead atoms. The summed E-state index contributed by atoms with van der Waals surface area (Å²) >= 11 is 0. The normalized spacial score (nSPS) is 11.4. The third-order valence-corrected chi connectivity index (χ3v) is 5.85. The summed E-state index contributed by atoms with van der Waals surface area (Å²) in [6.45, 7) is 9.32. The van der Waals surface area contributed by atoms with Gasteiger partial charge in [0.1, 0.15) is 12.4 Å². The topological polar surface area (TPSA) is 8.81 Å². The van der Waals surface area contributed by atoms with Crippen LogP contribution in [0.15, 0.2) is 12.4 Å². The monoisotopic (exact) mass is 377 g/mol. The third kappa shape index (κ3) is 11.6. The van der Waals surface area contributed by atoms with Crippen LogP contribution in [0.25, 0.3) is 0 Å². The second-order valence-corrected chi connectivity index (χ2v) is 8.45. The van der Waals surface area contributed by atoms with E-state index in [-0.39, 0.29) is 0 Å². The van der Waals surface area contributed by atoms with E-state index in [0.29, 0.717) is 0 Å². The second-order valence-electron chi connectivity index (χ2n) is 8.45. The molecule has 1 rings (SSSR count). The van der Waals surface area contributed by atoms with Gasteiger partial charge in [-0.05, 0) is 32.1 Å². The van der Waals surface area contributed by atoms with Gasteiger partial charge in [0, 0.05) is 6.42 Å². The molecule has 1 heterocycles. The average Bonchev–Trinajstić information content (AvgIpc) is 3.06. The van der Waals surface area contributed by atoms with Gasteiger partial charge in [0.15, 0.2) is 0 Å². The lowest BCUT2D eigenvalue weighted by molar-refractivity contribution is -0.704. The Kier molecular flexibility index (Phi) is 15.6. The summed E-state index contributed by atoms with van der Waals surface area (Å²) < 4.78 is 5.08. The molecule has 0 aliphatic rings. The highest BCUT2D eigenvalue weighted by molar-refractivity contribution is 4.84. The van der Waals surface area contributed by atoms with Crippen LogP contribution < -0.4 is 4.57 Å². The number of rotatable bonds is 19. The fourth-order valence-electron chi connectivity index (χ4n) is 4.01. The van der Waals surface area contributed by atoms with Gasteiger partial charge in [-0.15, -0.1) is 0 Å². The molecule has 1 aromatic heterocycles. The number of unbranched alkanes of at least 4 members (excludes halogenated alkanes) is 13. The lowest BCUT2D eigenvalue weighted by Gasteiger charge is -2.06. The first-order valence-corrected chi connectivity index (χ1v) is 12.4. The van der Waals surface area contributed by atoms with E-state index < -0.39 is 0 Å². The van der Waals surface area contributed by atoms with Gasteiger partial charge in [0.2, 0.25) is 0 Å². The minimum Gasteiger partial charge on any atom is -0.234 e. The largest absolute Gasteiger partial charge is 0.256 e. The predicted molar refractivity (Wildman–Crippen MR) is 119 cm³/mol. The molecular formula is C25H49N2+. The highest BCUT2D eigenvalue weighted by Gasteiger charge is 2.15. The first-order chi connectivity index (χ1) is 13.3. The molecular weight excluding hydrogens is 328 g/mol. The van der Waals surface area contributed by atoms with Gasteiger partial charge < -0.3 is 0 Å². The Labute approximate surface area is 170 Å². The van der Waals surface area contributed by atoms with Crippen molar-refractivity contribution in [2.45, 2.75) is 143 Å². The van der Waals surface area contributed by atoms with Crippen molar-refractivity contribution in [3.8, 4) is 0 Å². The van der Waals surface area contributed by atoms with Crippen LogP contribution in [0.1, 0.15) is 129 Å². The molecule has 0 aliphatic heterocycles. The van der Waals surface area contributed by atoms with Gasteiger partial charge in [-0.1, -0.05) is 91.4 Å². The molecule has 0 radical (unpaired) electrons. The van der Waals surface area contributed by atoms with Crippen LogP contribution in [0.5, 0.6) is 0 Å². The summed E-state index contributed by atoms with van der Waals surface area (Å²) in [5.41, 5.74) is 0.